The summed E-state index contributed by atoms with van der Waals surface area (Å²) in [5.41, 5.74) is -1.82. The first-order chi connectivity index (χ1) is 12.4. The molecule has 1 atom stereocenters. The van der Waals surface area contributed by atoms with Gasteiger partial charge in [0.05, 0.1) is 14.7 Å². The zero-order valence-electron chi connectivity index (χ0n) is 14.5. The highest BCUT2D eigenvalue weighted by molar-refractivity contribution is 7.90. The third kappa shape index (κ3) is 3.53. The summed E-state index contributed by atoms with van der Waals surface area (Å²) in [6.45, 7) is 3.07. The zero-order chi connectivity index (χ0) is 20.7. The molecule has 0 radical (unpaired) electrons. The van der Waals surface area contributed by atoms with Crippen molar-refractivity contribution in [2.75, 3.05) is 11.2 Å². The summed E-state index contributed by atoms with van der Waals surface area (Å²) in [5, 5.41) is 32.4. The summed E-state index contributed by atoms with van der Waals surface area (Å²) in [5.74, 6) is 0. The Labute approximate surface area is 153 Å². The molecule has 0 aliphatic carbocycles. The molecule has 1 aliphatic rings. The molecule has 1 aromatic rings. The highest BCUT2D eigenvalue weighted by atomic mass is 32.2. The van der Waals surface area contributed by atoms with Crippen LogP contribution in [0.15, 0.2) is 28.9 Å². The highest BCUT2D eigenvalue weighted by Crippen LogP contribution is 2.43. The Kier molecular flexibility index (Phi) is 5.08. The van der Waals surface area contributed by atoms with Crippen LogP contribution in [0, 0.1) is 20.2 Å². The Balaban J connectivity index is 2.83. The van der Waals surface area contributed by atoms with Crippen LogP contribution in [0.2, 0.25) is 0 Å². The van der Waals surface area contributed by atoms with Gasteiger partial charge in [0, 0.05) is 30.3 Å². The van der Waals surface area contributed by atoms with Gasteiger partial charge in [0.25, 0.3) is 0 Å². The Bertz CT molecular complexity index is 936. The van der Waals surface area contributed by atoms with Crippen LogP contribution in [0.3, 0.4) is 0 Å². The first-order valence-corrected chi connectivity index (χ1v) is 9.47. The summed E-state index contributed by atoms with van der Waals surface area (Å²) in [7, 11) is -3.96. The maximum Gasteiger partial charge on any atom is 0.413 e. The lowest BCUT2D eigenvalue weighted by Gasteiger charge is -2.27. The minimum atomic E-state index is -3.96. The monoisotopic (exact) mass is 400 g/mol. The number of benzene rings is 1. The van der Waals surface area contributed by atoms with Gasteiger partial charge in [0.2, 0.25) is 5.69 Å². The van der Waals surface area contributed by atoms with Gasteiger partial charge in [-0.1, -0.05) is 6.92 Å². The van der Waals surface area contributed by atoms with Crippen LogP contribution in [-0.2, 0) is 9.84 Å². The van der Waals surface area contributed by atoms with Gasteiger partial charge in [-0.3, -0.25) is 25.1 Å². The second kappa shape index (κ2) is 6.83. The second-order valence-corrected chi connectivity index (χ2v) is 7.78. The standard InChI is InChI=1S/C14H16N4O8S/c1-4-9-7-15(8(2)16(9)14(19)20)13-11(17(21)22)5-10(27(3,25)26)6-12(13)18(23)24/h5-8H,4H2,1-3H3,(H,19,20). The summed E-state index contributed by atoms with van der Waals surface area (Å²) >= 11 is 0. The number of sulfone groups is 1. The molecule has 0 aromatic heterocycles. The van der Waals surface area contributed by atoms with Crippen molar-refractivity contribution >= 4 is 33.0 Å². The van der Waals surface area contributed by atoms with Crippen molar-refractivity contribution in [3.05, 3.63) is 44.3 Å². The van der Waals surface area contributed by atoms with E-state index in [1.165, 1.54) is 13.1 Å². The average Bonchev–Trinajstić information content (AvgIpc) is 2.88. The minimum Gasteiger partial charge on any atom is -0.465 e. The first kappa shape index (κ1) is 20.1. The molecular formula is C14H16N4O8S. The molecule has 2 rings (SSSR count). The first-order valence-electron chi connectivity index (χ1n) is 7.58. The predicted molar refractivity (Wildman–Crippen MR) is 93.0 cm³/mol. The summed E-state index contributed by atoms with van der Waals surface area (Å²) in [6, 6.07) is 1.46. The Morgan fingerprint density at radius 2 is 1.70 bits per heavy atom. The quantitative estimate of drug-likeness (QED) is 0.576. The number of hydrogen-bond acceptors (Lipinski definition) is 8. The third-order valence-corrected chi connectivity index (χ3v) is 5.16. The molecule has 0 saturated heterocycles. The second-order valence-electron chi connectivity index (χ2n) is 5.76. The SMILES string of the molecule is CCC1=CN(c2c([N+](=O)[O-])cc(S(C)(=O)=O)cc2[N+](=O)[O-])C(C)N1C(=O)O. The molecule has 13 heteroatoms. The van der Waals surface area contributed by atoms with Crippen molar-refractivity contribution in [1.82, 2.24) is 4.90 Å². The largest absolute Gasteiger partial charge is 0.465 e. The van der Waals surface area contributed by atoms with Crippen LogP contribution < -0.4 is 4.90 Å². The Morgan fingerprint density at radius 1 is 1.22 bits per heavy atom. The normalized spacial score (nSPS) is 17.0. The maximum atomic E-state index is 11.8. The summed E-state index contributed by atoms with van der Waals surface area (Å²) in [4.78, 5) is 34.1. The van der Waals surface area contributed by atoms with E-state index < -0.39 is 53.9 Å². The lowest BCUT2D eigenvalue weighted by atomic mass is 10.2. The topological polar surface area (TPSA) is 164 Å². The van der Waals surface area contributed by atoms with Crippen LogP contribution in [0.5, 0.6) is 0 Å². The van der Waals surface area contributed by atoms with Crippen LogP contribution in [-0.4, -0.2) is 46.8 Å². The van der Waals surface area contributed by atoms with Crippen LogP contribution in [0.1, 0.15) is 20.3 Å². The van der Waals surface area contributed by atoms with E-state index in [1.54, 1.807) is 6.92 Å². The van der Waals surface area contributed by atoms with E-state index in [1.807, 2.05) is 0 Å². The van der Waals surface area contributed by atoms with E-state index in [9.17, 15) is 38.5 Å². The number of anilines is 1. The van der Waals surface area contributed by atoms with E-state index in [4.69, 9.17) is 0 Å². The van der Waals surface area contributed by atoms with Crippen LogP contribution in [0.4, 0.5) is 21.9 Å². The molecule has 0 fully saturated rings. The van der Waals surface area contributed by atoms with Gasteiger partial charge in [-0.15, -0.1) is 0 Å². The number of nitrogens with zero attached hydrogens (tertiary/aromatic N) is 4. The molecule has 1 amide bonds. The highest BCUT2D eigenvalue weighted by Gasteiger charge is 2.41. The van der Waals surface area contributed by atoms with E-state index >= 15 is 0 Å². The fourth-order valence-corrected chi connectivity index (χ4v) is 3.48. The number of nitro benzene ring substituents is 2. The third-order valence-electron chi connectivity index (χ3n) is 4.07. The lowest BCUT2D eigenvalue weighted by molar-refractivity contribution is -0.393. The van der Waals surface area contributed by atoms with E-state index in [2.05, 4.69) is 0 Å². The molecule has 1 heterocycles. The van der Waals surface area contributed by atoms with Crippen LogP contribution >= 0.6 is 0 Å². The molecular weight excluding hydrogens is 384 g/mol. The number of carbonyl (C=O) groups is 1. The molecule has 12 nitrogen and oxygen atoms in total. The van der Waals surface area contributed by atoms with Crippen molar-refractivity contribution in [2.45, 2.75) is 31.3 Å². The molecule has 146 valence electrons. The molecule has 1 unspecified atom stereocenters. The van der Waals surface area contributed by atoms with Gasteiger partial charge in [-0.2, -0.15) is 0 Å². The molecule has 27 heavy (non-hydrogen) atoms. The van der Waals surface area contributed by atoms with Crippen molar-refractivity contribution in [3.8, 4) is 0 Å². The van der Waals surface area contributed by atoms with Gasteiger partial charge in [-0.25, -0.2) is 13.2 Å². The molecule has 1 aliphatic heterocycles. The lowest BCUT2D eigenvalue weighted by Crippen LogP contribution is -2.40. The fourth-order valence-electron chi connectivity index (χ4n) is 2.83. The molecule has 1 aromatic carbocycles. The maximum absolute atomic E-state index is 11.8. The number of rotatable bonds is 5. The minimum absolute atomic E-state index is 0.260. The molecule has 0 saturated carbocycles. The number of hydrogen-bond donors (Lipinski definition) is 1. The van der Waals surface area contributed by atoms with Crippen molar-refractivity contribution in [3.63, 3.8) is 0 Å². The summed E-state index contributed by atoms with van der Waals surface area (Å²) < 4.78 is 23.5. The molecule has 0 spiro atoms. The number of nitro groups is 2. The van der Waals surface area contributed by atoms with E-state index in [0.717, 1.165) is 28.2 Å². The van der Waals surface area contributed by atoms with Gasteiger partial charge >= 0.3 is 17.5 Å². The van der Waals surface area contributed by atoms with Gasteiger partial charge in [0.15, 0.2) is 9.84 Å². The number of carboxylic acid groups (broad SMARTS) is 1. The van der Waals surface area contributed by atoms with Gasteiger partial charge < -0.3 is 10.0 Å². The van der Waals surface area contributed by atoms with Crippen molar-refractivity contribution in [2.24, 2.45) is 0 Å². The number of amides is 1. The van der Waals surface area contributed by atoms with Gasteiger partial charge in [0.1, 0.15) is 6.17 Å². The predicted octanol–water partition coefficient (Wildman–Crippen LogP) is 2.30. The zero-order valence-corrected chi connectivity index (χ0v) is 15.3. The molecule has 0 bridgehead atoms. The Morgan fingerprint density at radius 3 is 2.00 bits per heavy atom. The number of allylic oxidation sites excluding steroid dienone is 1. The van der Waals surface area contributed by atoms with Gasteiger partial charge in [-0.05, 0) is 13.3 Å². The fraction of sp³-hybridized carbons (Fsp3) is 0.357. The van der Waals surface area contributed by atoms with Crippen molar-refractivity contribution in [1.29, 1.82) is 0 Å². The average molecular weight is 400 g/mol. The van der Waals surface area contributed by atoms with Crippen LogP contribution in [0.25, 0.3) is 0 Å². The Hall–Kier alpha value is -3.22. The smallest absolute Gasteiger partial charge is 0.413 e. The summed E-state index contributed by atoms with van der Waals surface area (Å²) in [6.07, 6.45) is -0.0188. The van der Waals surface area contributed by atoms with E-state index in [-0.39, 0.29) is 12.1 Å². The molecule has 1 N–H and O–H groups in total. The van der Waals surface area contributed by atoms with Crippen molar-refractivity contribution < 1.29 is 28.2 Å². The van der Waals surface area contributed by atoms with E-state index in [0.29, 0.717) is 0 Å².